The summed E-state index contributed by atoms with van der Waals surface area (Å²) in [6.07, 6.45) is 2.67. The highest BCUT2D eigenvalue weighted by Gasteiger charge is 2.20. The minimum atomic E-state index is -0.101. The summed E-state index contributed by atoms with van der Waals surface area (Å²) in [5.41, 5.74) is 3.82. The average Bonchev–Trinajstić information content (AvgIpc) is 3.03. The molecule has 0 fully saturated rings. The van der Waals surface area contributed by atoms with Crippen LogP contribution in [0.5, 0.6) is 5.75 Å². The predicted octanol–water partition coefficient (Wildman–Crippen LogP) is 1.95. The minimum Gasteiger partial charge on any atom is -0.494 e. The molecule has 0 atom stereocenters. The van der Waals surface area contributed by atoms with Gasteiger partial charge in [-0.05, 0) is 31.9 Å². The van der Waals surface area contributed by atoms with Gasteiger partial charge in [-0.25, -0.2) is 0 Å². The van der Waals surface area contributed by atoms with Gasteiger partial charge in [-0.1, -0.05) is 17.7 Å². The molecule has 1 aromatic carbocycles. The second-order valence-corrected chi connectivity index (χ2v) is 6.08. The molecular formula is C18H24N4O2. The number of aromatic amines is 1. The van der Waals surface area contributed by atoms with E-state index in [2.05, 4.69) is 27.8 Å². The lowest BCUT2D eigenvalue weighted by atomic mass is 10.1. The number of aromatic nitrogens is 2. The van der Waals surface area contributed by atoms with E-state index in [1.54, 1.807) is 0 Å². The van der Waals surface area contributed by atoms with Crippen LogP contribution in [0.2, 0.25) is 0 Å². The van der Waals surface area contributed by atoms with Crippen molar-refractivity contribution in [1.82, 2.24) is 20.8 Å². The van der Waals surface area contributed by atoms with E-state index in [9.17, 15) is 4.79 Å². The van der Waals surface area contributed by atoms with Gasteiger partial charge in [-0.2, -0.15) is 5.10 Å². The van der Waals surface area contributed by atoms with Gasteiger partial charge in [0.2, 0.25) is 0 Å². The number of unbranched alkanes of at least 4 members (excludes halogenated alkanes) is 1. The van der Waals surface area contributed by atoms with Crippen molar-refractivity contribution in [3.63, 3.8) is 0 Å². The normalized spacial score (nSPS) is 13.4. The predicted molar refractivity (Wildman–Crippen MR) is 92.2 cm³/mol. The second-order valence-electron chi connectivity index (χ2n) is 6.08. The van der Waals surface area contributed by atoms with Gasteiger partial charge in [0.15, 0.2) is 5.69 Å². The number of rotatable bonds is 7. The Bertz CT molecular complexity index is 679. The number of benzene rings is 1. The van der Waals surface area contributed by atoms with E-state index in [1.165, 1.54) is 5.56 Å². The summed E-state index contributed by atoms with van der Waals surface area (Å²) in [6.45, 7) is 4.97. The maximum Gasteiger partial charge on any atom is 0.272 e. The van der Waals surface area contributed by atoms with E-state index in [1.807, 2.05) is 24.3 Å². The maximum atomic E-state index is 12.2. The molecule has 2 heterocycles. The van der Waals surface area contributed by atoms with Gasteiger partial charge in [0.1, 0.15) is 5.75 Å². The molecule has 1 aliphatic rings. The van der Waals surface area contributed by atoms with Gasteiger partial charge in [-0.3, -0.25) is 9.89 Å². The van der Waals surface area contributed by atoms with Crippen LogP contribution in [0.1, 0.15) is 40.2 Å². The van der Waals surface area contributed by atoms with E-state index < -0.39 is 0 Å². The van der Waals surface area contributed by atoms with Crippen LogP contribution in [0.25, 0.3) is 0 Å². The van der Waals surface area contributed by atoms with Gasteiger partial charge in [-0.15, -0.1) is 0 Å². The van der Waals surface area contributed by atoms with E-state index in [4.69, 9.17) is 4.74 Å². The fourth-order valence-electron chi connectivity index (χ4n) is 2.75. The number of amides is 1. The first-order valence-corrected chi connectivity index (χ1v) is 8.48. The largest absolute Gasteiger partial charge is 0.494 e. The SMILES string of the molecule is Cc1ccc(OCCCCNC(=O)c2n[nH]c3c2CNCC3)cc1. The Morgan fingerprint density at radius 1 is 1.29 bits per heavy atom. The van der Waals surface area contributed by atoms with E-state index in [0.717, 1.165) is 42.8 Å². The number of nitrogens with zero attached hydrogens (tertiary/aromatic N) is 1. The lowest BCUT2D eigenvalue weighted by Crippen LogP contribution is -2.29. The molecule has 3 rings (SSSR count). The van der Waals surface area contributed by atoms with Gasteiger partial charge >= 0.3 is 0 Å². The molecule has 0 spiro atoms. The standard InChI is InChI=1S/C18H24N4O2/c1-13-4-6-14(7-5-13)24-11-3-2-9-20-18(23)17-15-12-19-10-8-16(15)21-22-17/h4-7,19H,2-3,8-12H2,1H3,(H,20,23)(H,21,22). The Labute approximate surface area is 142 Å². The van der Waals surface area contributed by atoms with Crippen molar-refractivity contribution < 1.29 is 9.53 Å². The smallest absolute Gasteiger partial charge is 0.272 e. The zero-order valence-electron chi connectivity index (χ0n) is 14.0. The maximum absolute atomic E-state index is 12.2. The first-order valence-electron chi connectivity index (χ1n) is 8.48. The number of aryl methyl sites for hydroxylation is 1. The highest BCUT2D eigenvalue weighted by molar-refractivity contribution is 5.94. The molecule has 6 nitrogen and oxygen atoms in total. The fraction of sp³-hybridized carbons (Fsp3) is 0.444. The van der Waals surface area contributed by atoms with Gasteiger partial charge < -0.3 is 15.4 Å². The van der Waals surface area contributed by atoms with E-state index >= 15 is 0 Å². The molecule has 1 aromatic heterocycles. The first kappa shape index (κ1) is 16.5. The summed E-state index contributed by atoms with van der Waals surface area (Å²) < 4.78 is 5.68. The van der Waals surface area contributed by atoms with Crippen molar-refractivity contribution in [2.24, 2.45) is 0 Å². The fourth-order valence-corrected chi connectivity index (χ4v) is 2.75. The number of H-pyrrole nitrogens is 1. The number of nitrogens with one attached hydrogen (secondary N) is 3. The zero-order chi connectivity index (χ0) is 16.8. The van der Waals surface area contributed by atoms with Crippen LogP contribution in [0.15, 0.2) is 24.3 Å². The molecule has 2 aromatic rings. The number of hydrogen-bond acceptors (Lipinski definition) is 4. The molecule has 1 aliphatic heterocycles. The summed E-state index contributed by atoms with van der Waals surface area (Å²) in [6, 6.07) is 8.03. The molecule has 1 amide bonds. The number of carbonyl (C=O) groups excluding carboxylic acids is 1. The number of carbonyl (C=O) groups is 1. The molecule has 24 heavy (non-hydrogen) atoms. The van der Waals surface area contributed by atoms with Crippen molar-refractivity contribution in [2.45, 2.75) is 32.7 Å². The Kier molecular flexibility index (Phi) is 5.48. The summed E-state index contributed by atoms with van der Waals surface area (Å²) in [7, 11) is 0. The lowest BCUT2D eigenvalue weighted by Gasteiger charge is -2.12. The molecule has 0 unspecified atom stereocenters. The molecule has 0 radical (unpaired) electrons. The van der Waals surface area contributed by atoms with Crippen LogP contribution >= 0.6 is 0 Å². The molecule has 0 saturated heterocycles. The van der Waals surface area contributed by atoms with Crippen LogP contribution in [0, 0.1) is 6.92 Å². The zero-order valence-corrected chi connectivity index (χ0v) is 14.0. The van der Waals surface area contributed by atoms with Gasteiger partial charge in [0, 0.05) is 37.3 Å². The van der Waals surface area contributed by atoms with Crippen LogP contribution in [-0.4, -0.2) is 35.8 Å². The molecule has 0 saturated carbocycles. The van der Waals surface area contributed by atoms with Crippen molar-refractivity contribution in [3.8, 4) is 5.75 Å². The Morgan fingerprint density at radius 3 is 2.96 bits per heavy atom. The Hall–Kier alpha value is -2.34. The summed E-state index contributed by atoms with van der Waals surface area (Å²) in [5, 5.41) is 13.3. The third-order valence-corrected chi connectivity index (χ3v) is 4.17. The summed E-state index contributed by atoms with van der Waals surface area (Å²) >= 11 is 0. The summed E-state index contributed by atoms with van der Waals surface area (Å²) in [4.78, 5) is 12.2. The lowest BCUT2D eigenvalue weighted by molar-refractivity contribution is 0.0946. The Morgan fingerprint density at radius 2 is 2.12 bits per heavy atom. The Balaban J connectivity index is 1.35. The number of fused-ring (bicyclic) bond motifs is 1. The van der Waals surface area contributed by atoms with Crippen LogP contribution in [-0.2, 0) is 13.0 Å². The van der Waals surface area contributed by atoms with Gasteiger partial charge in [0.05, 0.1) is 6.61 Å². The topological polar surface area (TPSA) is 79.0 Å². The van der Waals surface area contributed by atoms with Crippen molar-refractivity contribution >= 4 is 5.91 Å². The monoisotopic (exact) mass is 328 g/mol. The molecule has 3 N–H and O–H groups in total. The molecule has 0 bridgehead atoms. The highest BCUT2D eigenvalue weighted by Crippen LogP contribution is 2.15. The molecular weight excluding hydrogens is 304 g/mol. The van der Waals surface area contributed by atoms with E-state index in [0.29, 0.717) is 25.4 Å². The third kappa shape index (κ3) is 4.14. The quantitative estimate of drug-likeness (QED) is 0.679. The van der Waals surface area contributed by atoms with Crippen LogP contribution < -0.4 is 15.4 Å². The van der Waals surface area contributed by atoms with Crippen molar-refractivity contribution in [1.29, 1.82) is 0 Å². The summed E-state index contributed by atoms with van der Waals surface area (Å²) in [5.74, 6) is 0.788. The average molecular weight is 328 g/mol. The second kappa shape index (κ2) is 7.97. The highest BCUT2D eigenvalue weighted by atomic mass is 16.5. The van der Waals surface area contributed by atoms with Crippen LogP contribution in [0.3, 0.4) is 0 Å². The molecule has 128 valence electrons. The number of ether oxygens (including phenoxy) is 1. The van der Waals surface area contributed by atoms with E-state index in [-0.39, 0.29) is 5.91 Å². The first-order chi connectivity index (χ1) is 11.7. The van der Waals surface area contributed by atoms with Crippen LogP contribution in [0.4, 0.5) is 0 Å². The third-order valence-electron chi connectivity index (χ3n) is 4.17. The molecule has 0 aliphatic carbocycles. The van der Waals surface area contributed by atoms with Gasteiger partial charge in [0.25, 0.3) is 5.91 Å². The minimum absolute atomic E-state index is 0.101. The van der Waals surface area contributed by atoms with Crippen molar-refractivity contribution in [2.75, 3.05) is 19.7 Å². The number of hydrogen-bond donors (Lipinski definition) is 3. The van der Waals surface area contributed by atoms with Crippen molar-refractivity contribution in [3.05, 3.63) is 46.8 Å². The molecule has 6 heteroatoms.